The summed E-state index contributed by atoms with van der Waals surface area (Å²) < 4.78 is 1.76. The van der Waals surface area contributed by atoms with Gasteiger partial charge in [0.15, 0.2) is 0 Å². The van der Waals surface area contributed by atoms with Crippen LogP contribution in [0.4, 0.5) is 0 Å². The number of aliphatic hydroxyl groups is 1. The molecule has 0 radical (unpaired) electrons. The van der Waals surface area contributed by atoms with Gasteiger partial charge in [-0.15, -0.1) is 0 Å². The number of hydrogen-bond donors (Lipinski definition) is 1. The summed E-state index contributed by atoms with van der Waals surface area (Å²) in [5, 5.41) is 14.8. The summed E-state index contributed by atoms with van der Waals surface area (Å²) in [4.78, 5) is 0. The molecule has 0 aliphatic rings. The van der Waals surface area contributed by atoms with Crippen LogP contribution >= 0.6 is 0 Å². The third kappa shape index (κ3) is 2.46. The zero-order chi connectivity index (χ0) is 13.1. The summed E-state index contributed by atoms with van der Waals surface area (Å²) >= 11 is 0. The number of aromatic nitrogens is 2. The quantitative estimate of drug-likeness (QED) is 0.897. The van der Waals surface area contributed by atoms with Crippen molar-refractivity contribution in [2.75, 3.05) is 0 Å². The molecule has 0 bridgehead atoms. The zero-order valence-electron chi connectivity index (χ0n) is 11.2. The second-order valence-electron chi connectivity index (χ2n) is 4.56. The summed E-state index contributed by atoms with van der Waals surface area (Å²) in [5.74, 6) is 0. The molecule has 0 aliphatic carbocycles. The molecule has 3 heteroatoms. The number of aryl methyl sites for hydroxylation is 3. The highest BCUT2D eigenvalue weighted by molar-refractivity contribution is 5.33. The average Bonchev–Trinajstić information content (AvgIpc) is 2.79. The molecule has 1 aromatic carbocycles. The van der Waals surface area contributed by atoms with Crippen molar-refractivity contribution in [2.24, 2.45) is 7.05 Å². The Morgan fingerprint density at radius 3 is 2.39 bits per heavy atom. The molecule has 1 atom stereocenters. The van der Waals surface area contributed by atoms with Crippen LogP contribution in [0.1, 0.15) is 42.3 Å². The van der Waals surface area contributed by atoms with Crippen LogP contribution in [-0.2, 0) is 19.9 Å². The highest BCUT2D eigenvalue weighted by atomic mass is 16.3. The normalized spacial score (nSPS) is 12.7. The van der Waals surface area contributed by atoms with Crippen LogP contribution in [0, 0.1) is 0 Å². The van der Waals surface area contributed by atoms with Crippen LogP contribution in [-0.4, -0.2) is 14.9 Å². The standard InChI is InChI=1S/C15H20N2O/c1-4-11-6-8-12(9-7-11)15(18)13-10-17(3)16-14(13)5-2/h6-10,15,18H,4-5H2,1-3H3. The Kier molecular flexibility index (Phi) is 3.82. The molecule has 1 N–H and O–H groups in total. The lowest BCUT2D eigenvalue weighted by atomic mass is 9.99. The highest BCUT2D eigenvalue weighted by Crippen LogP contribution is 2.25. The van der Waals surface area contributed by atoms with Crippen molar-refractivity contribution in [1.82, 2.24) is 9.78 Å². The Hall–Kier alpha value is -1.61. The molecular formula is C15H20N2O. The minimum absolute atomic E-state index is 0.584. The van der Waals surface area contributed by atoms with Gasteiger partial charge in [-0.3, -0.25) is 4.68 Å². The SMILES string of the molecule is CCc1ccc(C(O)c2cn(C)nc2CC)cc1. The highest BCUT2D eigenvalue weighted by Gasteiger charge is 2.16. The van der Waals surface area contributed by atoms with E-state index in [1.165, 1.54) is 5.56 Å². The Balaban J connectivity index is 2.31. The second-order valence-corrected chi connectivity index (χ2v) is 4.56. The molecule has 1 heterocycles. The van der Waals surface area contributed by atoms with Gasteiger partial charge in [0, 0.05) is 18.8 Å². The lowest BCUT2D eigenvalue weighted by Gasteiger charge is -2.11. The van der Waals surface area contributed by atoms with Crippen molar-refractivity contribution in [1.29, 1.82) is 0 Å². The van der Waals surface area contributed by atoms with Gasteiger partial charge in [-0.1, -0.05) is 38.1 Å². The van der Waals surface area contributed by atoms with Gasteiger partial charge in [0.2, 0.25) is 0 Å². The average molecular weight is 244 g/mol. The monoisotopic (exact) mass is 244 g/mol. The van der Waals surface area contributed by atoms with Crippen molar-refractivity contribution in [3.05, 3.63) is 52.8 Å². The van der Waals surface area contributed by atoms with E-state index in [1.807, 2.05) is 25.4 Å². The van der Waals surface area contributed by atoms with E-state index in [-0.39, 0.29) is 0 Å². The van der Waals surface area contributed by atoms with Gasteiger partial charge < -0.3 is 5.11 Å². The van der Waals surface area contributed by atoms with Crippen LogP contribution < -0.4 is 0 Å². The maximum atomic E-state index is 10.4. The maximum absolute atomic E-state index is 10.4. The number of aliphatic hydroxyl groups excluding tert-OH is 1. The predicted molar refractivity (Wildman–Crippen MR) is 72.5 cm³/mol. The van der Waals surface area contributed by atoms with E-state index in [9.17, 15) is 5.11 Å². The third-order valence-corrected chi connectivity index (χ3v) is 3.27. The molecule has 1 unspecified atom stereocenters. The fourth-order valence-corrected chi connectivity index (χ4v) is 2.17. The van der Waals surface area contributed by atoms with Crippen LogP contribution in [0.15, 0.2) is 30.5 Å². The van der Waals surface area contributed by atoms with E-state index >= 15 is 0 Å². The summed E-state index contributed by atoms with van der Waals surface area (Å²) in [6.45, 7) is 4.18. The van der Waals surface area contributed by atoms with Gasteiger partial charge in [-0.2, -0.15) is 5.10 Å². The topological polar surface area (TPSA) is 38.0 Å². The minimum atomic E-state index is -0.584. The molecule has 3 nitrogen and oxygen atoms in total. The zero-order valence-corrected chi connectivity index (χ0v) is 11.2. The molecule has 0 fully saturated rings. The van der Waals surface area contributed by atoms with E-state index < -0.39 is 6.10 Å². The molecule has 0 saturated heterocycles. The van der Waals surface area contributed by atoms with Gasteiger partial charge in [0.1, 0.15) is 6.10 Å². The third-order valence-electron chi connectivity index (χ3n) is 3.27. The van der Waals surface area contributed by atoms with E-state index in [0.29, 0.717) is 0 Å². The van der Waals surface area contributed by atoms with Crippen molar-refractivity contribution in [3.8, 4) is 0 Å². The van der Waals surface area contributed by atoms with Crippen LogP contribution in [0.25, 0.3) is 0 Å². The molecule has 0 spiro atoms. The minimum Gasteiger partial charge on any atom is -0.384 e. The predicted octanol–water partition coefficient (Wildman–Crippen LogP) is 2.63. The molecule has 0 amide bonds. The van der Waals surface area contributed by atoms with E-state index in [0.717, 1.165) is 29.7 Å². The van der Waals surface area contributed by atoms with Crippen LogP contribution in [0.3, 0.4) is 0 Å². The first-order valence-electron chi connectivity index (χ1n) is 6.45. The largest absolute Gasteiger partial charge is 0.384 e. The van der Waals surface area contributed by atoms with Gasteiger partial charge >= 0.3 is 0 Å². The molecule has 0 saturated carbocycles. The lowest BCUT2D eigenvalue weighted by molar-refractivity contribution is 0.219. The molecule has 1 aromatic heterocycles. The van der Waals surface area contributed by atoms with Crippen molar-refractivity contribution < 1.29 is 5.11 Å². The fourth-order valence-electron chi connectivity index (χ4n) is 2.17. The molecule has 2 rings (SSSR count). The molecular weight excluding hydrogens is 224 g/mol. The Morgan fingerprint density at radius 1 is 1.17 bits per heavy atom. The Labute approximate surface area is 108 Å². The van der Waals surface area contributed by atoms with Crippen LogP contribution in [0.5, 0.6) is 0 Å². The van der Waals surface area contributed by atoms with E-state index in [4.69, 9.17) is 0 Å². The van der Waals surface area contributed by atoms with Crippen LogP contribution in [0.2, 0.25) is 0 Å². The summed E-state index contributed by atoms with van der Waals surface area (Å²) in [6, 6.07) is 8.13. The molecule has 0 aliphatic heterocycles. The first-order chi connectivity index (χ1) is 8.65. The van der Waals surface area contributed by atoms with Crippen molar-refractivity contribution >= 4 is 0 Å². The lowest BCUT2D eigenvalue weighted by Crippen LogP contribution is -2.01. The van der Waals surface area contributed by atoms with E-state index in [2.05, 4.69) is 31.1 Å². The summed E-state index contributed by atoms with van der Waals surface area (Å²) in [7, 11) is 1.88. The number of hydrogen-bond acceptors (Lipinski definition) is 2. The molecule has 96 valence electrons. The van der Waals surface area contributed by atoms with Gasteiger partial charge in [-0.05, 0) is 24.0 Å². The number of nitrogens with zero attached hydrogens (tertiary/aromatic N) is 2. The Bertz CT molecular complexity index is 514. The van der Waals surface area contributed by atoms with E-state index in [1.54, 1.807) is 4.68 Å². The first-order valence-corrected chi connectivity index (χ1v) is 6.45. The number of rotatable bonds is 4. The second kappa shape index (κ2) is 5.36. The van der Waals surface area contributed by atoms with Crippen molar-refractivity contribution in [3.63, 3.8) is 0 Å². The Morgan fingerprint density at radius 2 is 1.83 bits per heavy atom. The summed E-state index contributed by atoms with van der Waals surface area (Å²) in [5.41, 5.74) is 4.08. The smallest absolute Gasteiger partial charge is 0.107 e. The molecule has 18 heavy (non-hydrogen) atoms. The van der Waals surface area contributed by atoms with Gasteiger partial charge in [0.05, 0.1) is 5.69 Å². The molecule has 2 aromatic rings. The fraction of sp³-hybridized carbons (Fsp3) is 0.400. The summed E-state index contributed by atoms with van der Waals surface area (Å²) in [6.07, 6.45) is 3.17. The van der Waals surface area contributed by atoms with Gasteiger partial charge in [-0.25, -0.2) is 0 Å². The maximum Gasteiger partial charge on any atom is 0.107 e. The van der Waals surface area contributed by atoms with Gasteiger partial charge in [0.25, 0.3) is 0 Å². The van der Waals surface area contributed by atoms with Crippen molar-refractivity contribution in [2.45, 2.75) is 32.8 Å². The first kappa shape index (κ1) is 12.8. The number of benzene rings is 1.